The summed E-state index contributed by atoms with van der Waals surface area (Å²) in [5.74, 6) is 1.17. The molecule has 0 amide bonds. The molecule has 1 aromatic rings. The van der Waals surface area contributed by atoms with Crippen LogP contribution in [-0.4, -0.2) is 26.2 Å². The van der Waals surface area contributed by atoms with Crippen molar-refractivity contribution in [2.24, 2.45) is 0 Å². The monoisotopic (exact) mass is 337 g/mol. The minimum Gasteiger partial charge on any atom is -1.00 e. The first kappa shape index (κ1) is 20.1. The highest BCUT2D eigenvalue weighted by molar-refractivity contribution is 5.63. The summed E-state index contributed by atoms with van der Waals surface area (Å²) in [7, 11) is 0. The lowest BCUT2D eigenvalue weighted by Crippen LogP contribution is -3.11. The first-order valence-corrected chi connectivity index (χ1v) is 9.00. The molecule has 3 heteroatoms. The highest BCUT2D eigenvalue weighted by Gasteiger charge is 2.15. The molecule has 1 aromatic carbocycles. The molecule has 23 heavy (non-hydrogen) atoms. The van der Waals surface area contributed by atoms with Gasteiger partial charge in [-0.2, -0.15) is 0 Å². The van der Waals surface area contributed by atoms with Crippen molar-refractivity contribution in [2.45, 2.75) is 52.9 Å². The molecule has 1 aliphatic carbocycles. The van der Waals surface area contributed by atoms with E-state index in [-0.39, 0.29) is 12.4 Å². The van der Waals surface area contributed by atoms with Crippen molar-refractivity contribution in [1.82, 2.24) is 0 Å². The quantitative estimate of drug-likeness (QED) is 0.720. The van der Waals surface area contributed by atoms with Gasteiger partial charge in [-0.15, -0.1) is 0 Å². The molecule has 0 atom stereocenters. The average molecular weight is 338 g/mol. The average Bonchev–Trinajstić information content (AvgIpc) is 2.57. The number of aryl methyl sites for hydroxylation is 1. The maximum Gasteiger partial charge on any atom is 0.137 e. The van der Waals surface area contributed by atoms with Gasteiger partial charge >= 0.3 is 0 Å². The minimum atomic E-state index is 0. The van der Waals surface area contributed by atoms with Gasteiger partial charge in [0.15, 0.2) is 0 Å². The van der Waals surface area contributed by atoms with Crippen molar-refractivity contribution in [2.75, 3.05) is 26.2 Å². The summed E-state index contributed by atoms with van der Waals surface area (Å²) in [6.45, 7) is 10.9. The second-order valence-electron chi connectivity index (χ2n) is 6.41. The molecule has 0 aromatic heterocycles. The third-order valence-corrected chi connectivity index (χ3v) is 4.79. The van der Waals surface area contributed by atoms with Gasteiger partial charge in [-0.3, -0.25) is 0 Å². The lowest BCUT2D eigenvalue weighted by atomic mass is 9.92. The van der Waals surface area contributed by atoms with Crippen LogP contribution in [0, 0.1) is 6.92 Å². The number of halogens is 1. The van der Waals surface area contributed by atoms with Gasteiger partial charge in [0.05, 0.1) is 13.1 Å². The third kappa shape index (κ3) is 6.19. The molecule has 0 heterocycles. The Labute approximate surface area is 148 Å². The highest BCUT2D eigenvalue weighted by Crippen LogP contribution is 2.31. The van der Waals surface area contributed by atoms with Crippen molar-refractivity contribution in [3.8, 4) is 0 Å². The van der Waals surface area contributed by atoms with Crippen molar-refractivity contribution < 1.29 is 22.0 Å². The molecule has 0 unspecified atom stereocenters. The second kappa shape index (κ2) is 10.7. The highest BCUT2D eigenvalue weighted by atomic mass is 35.5. The van der Waals surface area contributed by atoms with Crippen molar-refractivity contribution in [1.29, 1.82) is 0 Å². The number of allylic oxidation sites excluding steroid dienone is 1. The SMILES string of the molecule is CC[NH+](CC)CCOC(=C1CCCCC1)c1ccc(C)cc1.[Cl-]. The summed E-state index contributed by atoms with van der Waals surface area (Å²) in [6.07, 6.45) is 6.42. The summed E-state index contributed by atoms with van der Waals surface area (Å²) in [5, 5.41) is 0. The Hall–Kier alpha value is -0.990. The van der Waals surface area contributed by atoms with Crippen LogP contribution in [0.5, 0.6) is 0 Å². The largest absolute Gasteiger partial charge is 1.00 e. The Morgan fingerprint density at radius 2 is 1.61 bits per heavy atom. The van der Waals surface area contributed by atoms with E-state index >= 15 is 0 Å². The maximum absolute atomic E-state index is 6.30. The van der Waals surface area contributed by atoms with Gasteiger partial charge in [-0.1, -0.05) is 36.2 Å². The standard InChI is InChI=1S/C20H31NO.ClH/c1-4-21(5-2)15-16-22-20(18-9-7-6-8-10-18)19-13-11-17(3)12-14-19;/h11-14H,4-10,15-16H2,1-3H3;1H. The Morgan fingerprint density at radius 3 is 2.17 bits per heavy atom. The van der Waals surface area contributed by atoms with E-state index in [4.69, 9.17) is 4.74 Å². The van der Waals surface area contributed by atoms with Crippen molar-refractivity contribution >= 4 is 5.76 Å². The van der Waals surface area contributed by atoms with Gasteiger partial charge in [0, 0.05) is 5.56 Å². The molecule has 2 nitrogen and oxygen atoms in total. The van der Waals surface area contributed by atoms with Gasteiger partial charge in [-0.05, 0) is 52.0 Å². The second-order valence-corrected chi connectivity index (χ2v) is 6.41. The fourth-order valence-electron chi connectivity index (χ4n) is 3.20. The third-order valence-electron chi connectivity index (χ3n) is 4.79. The molecule has 130 valence electrons. The molecular weight excluding hydrogens is 306 g/mol. The number of benzene rings is 1. The van der Waals surface area contributed by atoms with Crippen LogP contribution in [0.1, 0.15) is 57.1 Å². The Bertz CT molecular complexity index is 469. The molecule has 1 fully saturated rings. The summed E-state index contributed by atoms with van der Waals surface area (Å²) in [6, 6.07) is 8.82. The summed E-state index contributed by atoms with van der Waals surface area (Å²) in [4.78, 5) is 1.61. The van der Waals surface area contributed by atoms with Gasteiger partial charge < -0.3 is 22.0 Å². The van der Waals surface area contributed by atoms with E-state index in [9.17, 15) is 0 Å². The zero-order valence-electron chi connectivity index (χ0n) is 15.0. The normalized spacial score (nSPS) is 14.5. The number of nitrogens with one attached hydrogen (secondary N) is 1. The zero-order chi connectivity index (χ0) is 15.8. The molecule has 1 aliphatic rings. The minimum absolute atomic E-state index is 0. The van der Waals surface area contributed by atoms with Crippen molar-refractivity contribution in [3.05, 3.63) is 41.0 Å². The van der Waals surface area contributed by atoms with Crippen LogP contribution in [0.3, 0.4) is 0 Å². The molecule has 1 N–H and O–H groups in total. The van der Waals surface area contributed by atoms with E-state index in [1.165, 1.54) is 67.7 Å². The van der Waals surface area contributed by atoms with Crippen LogP contribution in [0.15, 0.2) is 29.8 Å². The van der Waals surface area contributed by atoms with Crippen LogP contribution in [0.2, 0.25) is 0 Å². The predicted molar refractivity (Wildman–Crippen MR) is 94.0 cm³/mol. The van der Waals surface area contributed by atoms with Gasteiger partial charge in [-0.25, -0.2) is 0 Å². The van der Waals surface area contributed by atoms with E-state index in [2.05, 4.69) is 45.0 Å². The van der Waals surface area contributed by atoms with Crippen LogP contribution in [-0.2, 0) is 4.74 Å². The fourth-order valence-corrected chi connectivity index (χ4v) is 3.20. The Morgan fingerprint density at radius 1 is 1.00 bits per heavy atom. The van der Waals surface area contributed by atoms with E-state index in [0.717, 1.165) is 13.2 Å². The fraction of sp³-hybridized carbons (Fsp3) is 0.600. The molecule has 2 rings (SSSR count). The number of quaternary nitrogens is 1. The topological polar surface area (TPSA) is 13.7 Å². The lowest BCUT2D eigenvalue weighted by Gasteiger charge is -2.22. The number of likely N-dealkylation sites (N-methyl/N-ethyl adjacent to an activating group) is 1. The molecule has 0 radical (unpaired) electrons. The smallest absolute Gasteiger partial charge is 0.137 e. The molecule has 0 bridgehead atoms. The first-order chi connectivity index (χ1) is 10.7. The molecular formula is C20H32ClNO. The van der Waals surface area contributed by atoms with E-state index in [1.54, 1.807) is 4.90 Å². The lowest BCUT2D eigenvalue weighted by molar-refractivity contribution is -0.896. The number of ether oxygens (including phenoxy) is 1. The predicted octanol–water partition coefficient (Wildman–Crippen LogP) is 0.616. The molecule has 0 saturated heterocycles. The van der Waals surface area contributed by atoms with Crippen molar-refractivity contribution in [3.63, 3.8) is 0 Å². The van der Waals surface area contributed by atoms with Crippen LogP contribution in [0.25, 0.3) is 5.76 Å². The number of rotatable bonds is 7. The maximum atomic E-state index is 6.30. The van der Waals surface area contributed by atoms with Crippen LogP contribution < -0.4 is 17.3 Å². The molecule has 1 saturated carbocycles. The summed E-state index contributed by atoms with van der Waals surface area (Å²) >= 11 is 0. The Balaban J connectivity index is 0.00000264. The molecule has 0 spiro atoms. The van der Waals surface area contributed by atoms with Crippen LogP contribution in [0.4, 0.5) is 0 Å². The van der Waals surface area contributed by atoms with Gasteiger partial charge in [0.25, 0.3) is 0 Å². The number of hydrogen-bond donors (Lipinski definition) is 1. The van der Waals surface area contributed by atoms with Gasteiger partial charge in [0.1, 0.15) is 18.9 Å². The van der Waals surface area contributed by atoms with E-state index in [1.807, 2.05) is 0 Å². The van der Waals surface area contributed by atoms with E-state index < -0.39 is 0 Å². The zero-order valence-corrected chi connectivity index (χ0v) is 15.7. The Kier molecular flexibility index (Phi) is 9.35. The first-order valence-electron chi connectivity index (χ1n) is 9.00. The van der Waals surface area contributed by atoms with E-state index in [0.29, 0.717) is 0 Å². The molecule has 0 aliphatic heterocycles. The number of hydrogen-bond acceptors (Lipinski definition) is 1. The van der Waals surface area contributed by atoms with Crippen LogP contribution >= 0.6 is 0 Å². The van der Waals surface area contributed by atoms with Gasteiger partial charge in [0.2, 0.25) is 0 Å². The summed E-state index contributed by atoms with van der Waals surface area (Å²) in [5.41, 5.74) is 4.10. The summed E-state index contributed by atoms with van der Waals surface area (Å²) < 4.78 is 6.30.